The molecule has 1 saturated heterocycles. The van der Waals surface area contributed by atoms with Gasteiger partial charge in [-0.3, -0.25) is 9.59 Å². The number of likely N-dealkylation sites (tertiary alicyclic amines) is 1. The van der Waals surface area contributed by atoms with Crippen LogP contribution in [-0.4, -0.2) is 45.6 Å². The lowest BCUT2D eigenvalue weighted by Gasteiger charge is -2.32. The predicted molar refractivity (Wildman–Crippen MR) is 91.3 cm³/mol. The zero-order valence-corrected chi connectivity index (χ0v) is 14.3. The molecule has 1 aliphatic carbocycles. The molecule has 4 rings (SSSR count). The van der Waals surface area contributed by atoms with Crippen LogP contribution in [0.3, 0.4) is 0 Å². The number of hydrogen-bond acceptors (Lipinski definition) is 6. The third-order valence-electron chi connectivity index (χ3n) is 5.03. The number of carbonyl (C=O) groups is 1. The first kappa shape index (κ1) is 16.1. The highest BCUT2D eigenvalue weighted by molar-refractivity contribution is 6.32. The summed E-state index contributed by atoms with van der Waals surface area (Å²) in [5, 5.41) is 10.8. The molecule has 1 aliphatic heterocycles. The molecular weight excluding hydrogens is 346 g/mol. The number of anilines is 1. The Balaban J connectivity index is 1.36. The maximum atomic E-state index is 12.3. The molecule has 2 fully saturated rings. The molecule has 0 atom stereocenters. The highest BCUT2D eigenvalue weighted by Gasteiger charge is 2.44. The summed E-state index contributed by atoms with van der Waals surface area (Å²) >= 11 is 6.02. The number of nitrogens with one attached hydrogen (secondary N) is 2. The number of halogens is 1. The summed E-state index contributed by atoms with van der Waals surface area (Å²) < 4.78 is 5.43. The highest BCUT2D eigenvalue weighted by Crippen LogP contribution is 2.53. The number of amides is 1. The first-order valence-corrected chi connectivity index (χ1v) is 8.67. The lowest BCUT2D eigenvalue weighted by Crippen LogP contribution is -2.41. The lowest BCUT2D eigenvalue weighted by molar-refractivity contribution is -0.130. The van der Waals surface area contributed by atoms with E-state index in [2.05, 4.69) is 20.5 Å². The van der Waals surface area contributed by atoms with E-state index in [1.807, 2.05) is 4.90 Å². The molecule has 0 radical (unpaired) electrons. The summed E-state index contributed by atoms with van der Waals surface area (Å²) in [6, 6.07) is 2.88. The number of nitrogens with zero attached hydrogens (tertiary/aromatic N) is 3. The number of piperidine rings is 1. The molecule has 2 N–H and O–H groups in total. The monoisotopic (exact) mass is 363 g/mol. The quantitative estimate of drug-likeness (QED) is 0.859. The number of aromatic amines is 1. The van der Waals surface area contributed by atoms with E-state index >= 15 is 0 Å². The molecule has 0 aromatic carbocycles. The van der Waals surface area contributed by atoms with Gasteiger partial charge in [-0.25, -0.2) is 0 Å². The average molecular weight is 364 g/mol. The van der Waals surface area contributed by atoms with Crippen molar-refractivity contribution in [1.29, 1.82) is 0 Å². The minimum Gasteiger partial charge on any atom is -0.402 e. The normalized spacial score (nSPS) is 18.4. The molecule has 1 amide bonds. The fourth-order valence-corrected chi connectivity index (χ4v) is 3.37. The predicted octanol–water partition coefficient (Wildman–Crippen LogP) is 1.89. The SMILES string of the molecule is O=C(CNc1nnc(-c2[nH]c(=O)ccc2Cl)o1)N1CCC2(CC1)CC2. The van der Waals surface area contributed by atoms with Crippen molar-refractivity contribution in [3.05, 3.63) is 27.5 Å². The maximum Gasteiger partial charge on any atom is 0.316 e. The fourth-order valence-electron chi connectivity index (χ4n) is 3.18. The third kappa shape index (κ3) is 3.39. The van der Waals surface area contributed by atoms with E-state index in [9.17, 15) is 9.59 Å². The summed E-state index contributed by atoms with van der Waals surface area (Å²) in [5.74, 6) is 0.104. The van der Waals surface area contributed by atoms with Gasteiger partial charge in [0, 0.05) is 19.2 Å². The zero-order valence-electron chi connectivity index (χ0n) is 13.5. The van der Waals surface area contributed by atoms with Crippen molar-refractivity contribution in [2.24, 2.45) is 5.41 Å². The first-order chi connectivity index (χ1) is 12.0. The van der Waals surface area contributed by atoms with Gasteiger partial charge in [0.25, 0.3) is 5.89 Å². The van der Waals surface area contributed by atoms with E-state index in [0.29, 0.717) is 10.4 Å². The second-order valence-electron chi connectivity index (χ2n) is 6.69. The van der Waals surface area contributed by atoms with Crippen molar-refractivity contribution in [3.8, 4) is 11.6 Å². The van der Waals surface area contributed by atoms with Gasteiger partial charge < -0.3 is 19.6 Å². The summed E-state index contributed by atoms with van der Waals surface area (Å²) in [4.78, 5) is 28.1. The maximum absolute atomic E-state index is 12.3. The van der Waals surface area contributed by atoms with Crippen LogP contribution in [0.25, 0.3) is 11.6 Å². The molecule has 1 saturated carbocycles. The van der Waals surface area contributed by atoms with E-state index in [0.717, 1.165) is 25.9 Å². The molecule has 1 spiro atoms. The minimum absolute atomic E-state index is 0.0152. The summed E-state index contributed by atoms with van der Waals surface area (Å²) in [5.41, 5.74) is 0.477. The molecule has 3 heterocycles. The van der Waals surface area contributed by atoms with E-state index in [-0.39, 0.29) is 35.6 Å². The first-order valence-electron chi connectivity index (χ1n) is 8.29. The van der Waals surface area contributed by atoms with Crippen LogP contribution < -0.4 is 10.9 Å². The van der Waals surface area contributed by atoms with E-state index in [4.69, 9.17) is 16.0 Å². The van der Waals surface area contributed by atoms with Crippen LogP contribution in [0.1, 0.15) is 25.7 Å². The molecule has 132 valence electrons. The highest BCUT2D eigenvalue weighted by atomic mass is 35.5. The van der Waals surface area contributed by atoms with Gasteiger partial charge in [0.05, 0.1) is 11.6 Å². The van der Waals surface area contributed by atoms with Gasteiger partial charge >= 0.3 is 6.01 Å². The van der Waals surface area contributed by atoms with Crippen LogP contribution in [0, 0.1) is 5.41 Å². The minimum atomic E-state index is -0.319. The Morgan fingerprint density at radius 1 is 1.28 bits per heavy atom. The topological polar surface area (TPSA) is 104 Å². The van der Waals surface area contributed by atoms with E-state index in [1.54, 1.807) is 0 Å². The molecule has 0 bridgehead atoms. The van der Waals surface area contributed by atoms with Crippen LogP contribution in [0.2, 0.25) is 5.02 Å². The van der Waals surface area contributed by atoms with Crippen LogP contribution in [0.15, 0.2) is 21.3 Å². The fraction of sp³-hybridized carbons (Fsp3) is 0.500. The van der Waals surface area contributed by atoms with Crippen molar-refractivity contribution in [1.82, 2.24) is 20.1 Å². The Bertz CT molecular complexity index is 847. The Labute approximate surface area is 148 Å². The Hall–Kier alpha value is -2.35. The van der Waals surface area contributed by atoms with Crippen molar-refractivity contribution >= 4 is 23.5 Å². The average Bonchev–Trinajstić information content (AvgIpc) is 3.19. The zero-order chi connectivity index (χ0) is 17.4. The van der Waals surface area contributed by atoms with Crippen LogP contribution in [0.4, 0.5) is 6.01 Å². The van der Waals surface area contributed by atoms with E-state index in [1.165, 1.54) is 25.0 Å². The van der Waals surface area contributed by atoms with Gasteiger partial charge in [0.2, 0.25) is 11.5 Å². The van der Waals surface area contributed by atoms with Crippen molar-refractivity contribution in [3.63, 3.8) is 0 Å². The number of hydrogen-bond donors (Lipinski definition) is 2. The molecule has 25 heavy (non-hydrogen) atoms. The summed E-state index contributed by atoms with van der Waals surface area (Å²) in [7, 11) is 0. The molecule has 0 unspecified atom stereocenters. The Morgan fingerprint density at radius 2 is 2.04 bits per heavy atom. The summed E-state index contributed by atoms with van der Waals surface area (Å²) in [6.45, 7) is 1.72. The second kappa shape index (κ2) is 6.18. The second-order valence-corrected chi connectivity index (χ2v) is 7.10. The summed E-state index contributed by atoms with van der Waals surface area (Å²) in [6.07, 6.45) is 4.82. The molecule has 2 aromatic heterocycles. The number of carbonyl (C=O) groups excluding carboxylic acids is 1. The van der Waals surface area contributed by atoms with Gasteiger partial charge in [-0.05, 0) is 37.2 Å². The number of pyridine rings is 1. The molecule has 8 nitrogen and oxygen atoms in total. The molecule has 9 heteroatoms. The molecular formula is C16H18ClN5O3. The van der Waals surface area contributed by atoms with Gasteiger partial charge in [0.15, 0.2) is 0 Å². The number of rotatable bonds is 4. The number of H-pyrrole nitrogens is 1. The van der Waals surface area contributed by atoms with E-state index < -0.39 is 0 Å². The van der Waals surface area contributed by atoms with Crippen LogP contribution in [0.5, 0.6) is 0 Å². The van der Waals surface area contributed by atoms with Crippen molar-refractivity contribution in [2.75, 3.05) is 25.0 Å². The van der Waals surface area contributed by atoms with Crippen LogP contribution in [-0.2, 0) is 4.79 Å². The van der Waals surface area contributed by atoms with Gasteiger partial charge in [-0.2, -0.15) is 0 Å². The molecule has 2 aliphatic rings. The Morgan fingerprint density at radius 3 is 2.76 bits per heavy atom. The van der Waals surface area contributed by atoms with Crippen LogP contribution >= 0.6 is 11.6 Å². The van der Waals surface area contributed by atoms with Crippen molar-refractivity contribution < 1.29 is 9.21 Å². The van der Waals surface area contributed by atoms with Gasteiger partial charge in [-0.1, -0.05) is 16.7 Å². The molecule has 2 aromatic rings. The number of aromatic nitrogens is 3. The van der Waals surface area contributed by atoms with Crippen molar-refractivity contribution in [2.45, 2.75) is 25.7 Å². The third-order valence-corrected chi connectivity index (χ3v) is 5.35. The lowest BCUT2D eigenvalue weighted by atomic mass is 9.94. The largest absolute Gasteiger partial charge is 0.402 e. The van der Waals surface area contributed by atoms with Gasteiger partial charge in [-0.15, -0.1) is 5.10 Å². The standard InChI is InChI=1S/C16H18ClN5O3/c17-10-1-2-11(23)19-13(10)14-20-21-15(25-14)18-9-12(24)22-7-5-16(3-4-16)6-8-22/h1-2H,3-9H2,(H,18,21)(H,19,23). The van der Waals surface area contributed by atoms with Gasteiger partial charge in [0.1, 0.15) is 5.69 Å². The Kier molecular flexibility index (Phi) is 3.99. The smallest absolute Gasteiger partial charge is 0.316 e.